The first kappa shape index (κ1) is 18.5. The standard InChI is InChI=1S/C20H24N6O2/c1-15-19(22-5-4-21-15)13-24-6-8-25(9-7-24)16-2-3-17-18(12-16)23-14-26(10-11-27)20(17)28/h2-5,12,14,27H,6-11,13H2,1H3. The van der Waals surface area contributed by atoms with Crippen molar-refractivity contribution in [1.82, 2.24) is 24.4 Å². The third-order valence-corrected chi connectivity index (χ3v) is 5.24. The smallest absolute Gasteiger partial charge is 0.261 e. The molecule has 0 saturated carbocycles. The van der Waals surface area contributed by atoms with E-state index < -0.39 is 0 Å². The fraction of sp³-hybridized carbons (Fsp3) is 0.400. The zero-order valence-electron chi connectivity index (χ0n) is 16.0. The monoisotopic (exact) mass is 380 g/mol. The maximum Gasteiger partial charge on any atom is 0.261 e. The molecule has 28 heavy (non-hydrogen) atoms. The van der Waals surface area contributed by atoms with Gasteiger partial charge in [0.1, 0.15) is 0 Å². The molecular formula is C20H24N6O2. The van der Waals surface area contributed by atoms with Crippen molar-refractivity contribution in [2.75, 3.05) is 37.7 Å². The highest BCUT2D eigenvalue weighted by Crippen LogP contribution is 2.21. The molecule has 0 unspecified atom stereocenters. The van der Waals surface area contributed by atoms with E-state index in [9.17, 15) is 4.79 Å². The Bertz CT molecular complexity index is 1030. The van der Waals surface area contributed by atoms with E-state index in [1.807, 2.05) is 25.1 Å². The van der Waals surface area contributed by atoms with Crippen molar-refractivity contribution in [3.8, 4) is 0 Å². The molecule has 0 amide bonds. The van der Waals surface area contributed by atoms with Gasteiger partial charge in [-0.15, -0.1) is 0 Å². The van der Waals surface area contributed by atoms with Gasteiger partial charge in [-0.25, -0.2) is 4.98 Å². The molecule has 1 aliphatic rings. The lowest BCUT2D eigenvalue weighted by molar-refractivity contribution is 0.246. The molecule has 1 N–H and O–H groups in total. The second kappa shape index (κ2) is 8.04. The number of anilines is 1. The summed E-state index contributed by atoms with van der Waals surface area (Å²) in [5.41, 5.74) is 3.67. The highest BCUT2D eigenvalue weighted by Gasteiger charge is 2.19. The van der Waals surface area contributed by atoms with Gasteiger partial charge in [-0.2, -0.15) is 0 Å². The average molecular weight is 380 g/mol. The number of fused-ring (bicyclic) bond motifs is 1. The van der Waals surface area contributed by atoms with Crippen LogP contribution in [-0.2, 0) is 13.1 Å². The predicted octanol–water partition coefficient (Wildman–Crippen LogP) is 0.809. The van der Waals surface area contributed by atoms with E-state index in [1.165, 1.54) is 10.9 Å². The molecule has 1 fully saturated rings. The molecule has 0 atom stereocenters. The van der Waals surface area contributed by atoms with Crippen LogP contribution in [0, 0.1) is 6.92 Å². The molecule has 146 valence electrons. The number of piperazine rings is 1. The van der Waals surface area contributed by atoms with Gasteiger partial charge in [-0.05, 0) is 25.1 Å². The molecule has 0 radical (unpaired) electrons. The molecule has 3 heterocycles. The average Bonchev–Trinajstić information content (AvgIpc) is 2.72. The minimum atomic E-state index is -0.116. The SMILES string of the molecule is Cc1nccnc1CN1CCN(c2ccc3c(=O)n(CCO)cnc3c2)CC1. The molecule has 0 aliphatic carbocycles. The molecule has 8 heteroatoms. The van der Waals surface area contributed by atoms with Gasteiger partial charge in [-0.3, -0.25) is 24.2 Å². The molecule has 3 aromatic rings. The van der Waals surface area contributed by atoms with Gasteiger partial charge in [0.05, 0.1) is 41.8 Å². The minimum absolute atomic E-state index is 0.0798. The normalized spacial score (nSPS) is 15.3. The summed E-state index contributed by atoms with van der Waals surface area (Å²) in [6.07, 6.45) is 4.98. The first-order valence-corrected chi connectivity index (χ1v) is 9.49. The molecule has 1 aromatic carbocycles. The maximum absolute atomic E-state index is 12.4. The van der Waals surface area contributed by atoms with Gasteiger partial charge in [0, 0.05) is 50.8 Å². The van der Waals surface area contributed by atoms with Crippen LogP contribution in [0.4, 0.5) is 5.69 Å². The summed E-state index contributed by atoms with van der Waals surface area (Å²) in [4.78, 5) is 30.3. The van der Waals surface area contributed by atoms with Crippen molar-refractivity contribution >= 4 is 16.6 Å². The lowest BCUT2D eigenvalue weighted by Gasteiger charge is -2.36. The van der Waals surface area contributed by atoms with Gasteiger partial charge in [0.2, 0.25) is 0 Å². The Labute approximate surface area is 163 Å². The number of aromatic nitrogens is 4. The highest BCUT2D eigenvalue weighted by atomic mass is 16.3. The van der Waals surface area contributed by atoms with Gasteiger partial charge in [0.25, 0.3) is 5.56 Å². The van der Waals surface area contributed by atoms with Crippen LogP contribution in [0.5, 0.6) is 0 Å². The minimum Gasteiger partial charge on any atom is -0.395 e. The lowest BCUT2D eigenvalue weighted by Crippen LogP contribution is -2.46. The van der Waals surface area contributed by atoms with Crippen LogP contribution in [0.3, 0.4) is 0 Å². The van der Waals surface area contributed by atoms with Crippen LogP contribution >= 0.6 is 0 Å². The first-order chi connectivity index (χ1) is 13.7. The first-order valence-electron chi connectivity index (χ1n) is 9.49. The molecule has 1 saturated heterocycles. The van der Waals surface area contributed by atoms with E-state index in [1.54, 1.807) is 12.4 Å². The van der Waals surface area contributed by atoms with Gasteiger partial charge in [-0.1, -0.05) is 0 Å². The van der Waals surface area contributed by atoms with Crippen LogP contribution in [0.15, 0.2) is 41.7 Å². The summed E-state index contributed by atoms with van der Waals surface area (Å²) in [6.45, 7) is 6.70. The number of hydrogen-bond acceptors (Lipinski definition) is 7. The molecule has 4 rings (SSSR count). The summed E-state index contributed by atoms with van der Waals surface area (Å²) < 4.78 is 1.44. The molecule has 1 aliphatic heterocycles. The van der Waals surface area contributed by atoms with E-state index >= 15 is 0 Å². The van der Waals surface area contributed by atoms with Crippen molar-refractivity contribution in [2.24, 2.45) is 0 Å². The van der Waals surface area contributed by atoms with E-state index in [0.29, 0.717) is 10.9 Å². The zero-order valence-corrected chi connectivity index (χ0v) is 16.0. The quantitative estimate of drug-likeness (QED) is 0.701. The summed E-state index contributed by atoms with van der Waals surface area (Å²) in [7, 11) is 0. The summed E-state index contributed by atoms with van der Waals surface area (Å²) in [5.74, 6) is 0. The van der Waals surface area contributed by atoms with E-state index in [0.717, 1.165) is 49.8 Å². The molecule has 2 aromatic heterocycles. The Hall–Kier alpha value is -2.84. The summed E-state index contributed by atoms with van der Waals surface area (Å²) in [6, 6.07) is 5.79. The van der Waals surface area contributed by atoms with Crippen molar-refractivity contribution < 1.29 is 5.11 Å². The van der Waals surface area contributed by atoms with Crippen molar-refractivity contribution in [1.29, 1.82) is 0 Å². The largest absolute Gasteiger partial charge is 0.395 e. The Morgan fingerprint density at radius 2 is 1.86 bits per heavy atom. The number of aryl methyl sites for hydroxylation is 1. The number of nitrogens with zero attached hydrogens (tertiary/aromatic N) is 6. The molecule has 8 nitrogen and oxygen atoms in total. The Kier molecular flexibility index (Phi) is 5.31. The fourth-order valence-electron chi connectivity index (χ4n) is 3.58. The third-order valence-electron chi connectivity index (χ3n) is 5.24. The van der Waals surface area contributed by atoms with Crippen molar-refractivity contribution in [3.63, 3.8) is 0 Å². The number of benzene rings is 1. The van der Waals surface area contributed by atoms with Crippen LogP contribution in [0.2, 0.25) is 0 Å². The highest BCUT2D eigenvalue weighted by molar-refractivity contribution is 5.81. The Balaban J connectivity index is 1.46. The van der Waals surface area contributed by atoms with Crippen molar-refractivity contribution in [2.45, 2.75) is 20.0 Å². The maximum atomic E-state index is 12.4. The number of aliphatic hydroxyl groups is 1. The van der Waals surface area contributed by atoms with Crippen LogP contribution in [0.1, 0.15) is 11.4 Å². The number of rotatable bonds is 5. The van der Waals surface area contributed by atoms with Gasteiger partial charge in [0.15, 0.2) is 0 Å². The molecular weight excluding hydrogens is 356 g/mol. The summed E-state index contributed by atoms with van der Waals surface area (Å²) in [5, 5.41) is 9.63. The second-order valence-electron chi connectivity index (χ2n) is 7.02. The lowest BCUT2D eigenvalue weighted by atomic mass is 10.2. The van der Waals surface area contributed by atoms with Gasteiger partial charge < -0.3 is 10.0 Å². The van der Waals surface area contributed by atoms with Crippen LogP contribution in [0.25, 0.3) is 10.9 Å². The number of hydrogen-bond donors (Lipinski definition) is 1. The summed E-state index contributed by atoms with van der Waals surface area (Å²) >= 11 is 0. The Morgan fingerprint density at radius 3 is 2.61 bits per heavy atom. The van der Waals surface area contributed by atoms with Crippen molar-refractivity contribution in [3.05, 3.63) is 58.7 Å². The van der Waals surface area contributed by atoms with Crippen LogP contribution < -0.4 is 10.5 Å². The molecule has 0 spiro atoms. The van der Waals surface area contributed by atoms with Crippen LogP contribution in [-0.4, -0.2) is 62.3 Å². The second-order valence-corrected chi connectivity index (χ2v) is 7.02. The topological polar surface area (TPSA) is 87.4 Å². The van der Waals surface area contributed by atoms with Gasteiger partial charge >= 0.3 is 0 Å². The Morgan fingerprint density at radius 1 is 1.07 bits per heavy atom. The fourth-order valence-corrected chi connectivity index (χ4v) is 3.58. The third kappa shape index (κ3) is 3.74. The van der Waals surface area contributed by atoms with E-state index in [2.05, 4.69) is 24.8 Å². The van der Waals surface area contributed by atoms with E-state index in [4.69, 9.17) is 5.11 Å². The number of aliphatic hydroxyl groups excluding tert-OH is 1. The molecule has 0 bridgehead atoms. The van der Waals surface area contributed by atoms with E-state index in [-0.39, 0.29) is 18.7 Å². The zero-order chi connectivity index (χ0) is 19.5. The predicted molar refractivity (Wildman–Crippen MR) is 107 cm³/mol.